The van der Waals surface area contributed by atoms with E-state index in [0.717, 1.165) is 24.5 Å². The number of para-hydroxylation sites is 1. The van der Waals surface area contributed by atoms with Gasteiger partial charge in [-0.15, -0.1) is 0 Å². The second kappa shape index (κ2) is 9.42. The number of aliphatic imine (C=N–C) groups is 1. The van der Waals surface area contributed by atoms with Gasteiger partial charge in [0.15, 0.2) is 5.96 Å². The molecule has 2 aromatic carbocycles. The Morgan fingerprint density at radius 2 is 1.81 bits per heavy atom. The van der Waals surface area contributed by atoms with Gasteiger partial charge < -0.3 is 15.8 Å². The number of piperidine rings is 1. The Kier molecular flexibility index (Phi) is 6.71. The summed E-state index contributed by atoms with van der Waals surface area (Å²) < 4.78 is 5.61. The number of nitrogens with zero attached hydrogens (tertiary/aromatic N) is 2. The average Bonchev–Trinajstić information content (AvgIpc) is 2.71. The molecule has 0 aliphatic carbocycles. The molecule has 1 atom stereocenters. The first-order valence-electron chi connectivity index (χ1n) is 9.68. The fourth-order valence-corrected chi connectivity index (χ4v) is 3.59. The van der Waals surface area contributed by atoms with Crippen LogP contribution in [0, 0.1) is 6.92 Å². The zero-order chi connectivity index (χ0) is 19.1. The predicted molar refractivity (Wildman–Crippen MR) is 112 cm³/mol. The van der Waals surface area contributed by atoms with Gasteiger partial charge in [-0.05, 0) is 51.1 Å². The number of ether oxygens (including phenoxy) is 1. The summed E-state index contributed by atoms with van der Waals surface area (Å²) in [4.78, 5) is 7.16. The van der Waals surface area contributed by atoms with Gasteiger partial charge in [0.25, 0.3) is 0 Å². The summed E-state index contributed by atoms with van der Waals surface area (Å²) in [5.41, 5.74) is 9.51. The molecule has 1 unspecified atom stereocenters. The average molecular weight is 367 g/mol. The molecule has 27 heavy (non-hydrogen) atoms. The molecule has 3 rings (SSSR count). The summed E-state index contributed by atoms with van der Waals surface area (Å²) in [6, 6.07) is 16.5. The number of anilines is 1. The van der Waals surface area contributed by atoms with Gasteiger partial charge in [0, 0.05) is 11.3 Å². The molecule has 3 N–H and O–H groups in total. The van der Waals surface area contributed by atoms with Gasteiger partial charge in [0.2, 0.25) is 0 Å². The van der Waals surface area contributed by atoms with Crippen LogP contribution in [-0.4, -0.2) is 37.6 Å². The Labute approximate surface area is 162 Å². The van der Waals surface area contributed by atoms with Crippen molar-refractivity contribution >= 4 is 11.6 Å². The van der Waals surface area contributed by atoms with Crippen LogP contribution >= 0.6 is 0 Å². The molecule has 0 radical (unpaired) electrons. The van der Waals surface area contributed by atoms with E-state index >= 15 is 0 Å². The molecule has 1 aliphatic rings. The van der Waals surface area contributed by atoms with Gasteiger partial charge in [-0.2, -0.15) is 0 Å². The molecule has 1 aliphatic heterocycles. The number of guanidine groups is 1. The van der Waals surface area contributed by atoms with Crippen molar-refractivity contribution in [3.8, 4) is 5.75 Å². The normalized spacial score (nSPS) is 16.7. The minimum atomic E-state index is 0.166. The van der Waals surface area contributed by atoms with Gasteiger partial charge in [0.1, 0.15) is 5.75 Å². The van der Waals surface area contributed by atoms with E-state index in [1.165, 1.54) is 30.4 Å². The van der Waals surface area contributed by atoms with Crippen molar-refractivity contribution in [1.82, 2.24) is 4.90 Å². The Morgan fingerprint density at radius 1 is 1.11 bits per heavy atom. The monoisotopic (exact) mass is 366 g/mol. The summed E-state index contributed by atoms with van der Waals surface area (Å²) in [5.74, 6) is 1.35. The minimum absolute atomic E-state index is 0.166. The molecule has 2 aromatic rings. The summed E-state index contributed by atoms with van der Waals surface area (Å²) in [7, 11) is 1.72. The Morgan fingerprint density at radius 3 is 2.52 bits per heavy atom. The van der Waals surface area contributed by atoms with Gasteiger partial charge in [-0.3, -0.25) is 9.89 Å². The lowest BCUT2D eigenvalue weighted by molar-refractivity contribution is 0.165. The zero-order valence-corrected chi connectivity index (χ0v) is 16.3. The van der Waals surface area contributed by atoms with Crippen molar-refractivity contribution in [2.24, 2.45) is 10.7 Å². The highest BCUT2D eigenvalue weighted by molar-refractivity contribution is 5.92. The van der Waals surface area contributed by atoms with Crippen LogP contribution in [0.1, 0.15) is 36.4 Å². The molecule has 0 aromatic heterocycles. The molecule has 0 bridgehead atoms. The molecule has 0 saturated carbocycles. The summed E-state index contributed by atoms with van der Waals surface area (Å²) >= 11 is 0. The van der Waals surface area contributed by atoms with Crippen molar-refractivity contribution in [3.05, 3.63) is 59.7 Å². The Balaban J connectivity index is 1.77. The largest absolute Gasteiger partial charge is 0.496 e. The fourth-order valence-electron chi connectivity index (χ4n) is 3.59. The molecule has 0 amide bonds. The highest BCUT2D eigenvalue weighted by atomic mass is 16.5. The van der Waals surface area contributed by atoms with E-state index in [4.69, 9.17) is 10.5 Å². The van der Waals surface area contributed by atoms with Gasteiger partial charge in [-0.25, -0.2) is 0 Å². The Hall–Kier alpha value is -2.53. The second-order valence-corrected chi connectivity index (χ2v) is 7.07. The SMILES string of the molecule is COc1ccccc1C(CN=C(N)Nc1ccc(C)cc1)N1CCCCC1. The smallest absolute Gasteiger partial charge is 0.193 e. The highest BCUT2D eigenvalue weighted by Crippen LogP contribution is 2.31. The van der Waals surface area contributed by atoms with Crippen molar-refractivity contribution in [2.45, 2.75) is 32.2 Å². The predicted octanol–water partition coefficient (Wildman–Crippen LogP) is 3.96. The van der Waals surface area contributed by atoms with Crippen LogP contribution in [0.5, 0.6) is 5.75 Å². The van der Waals surface area contributed by atoms with E-state index in [1.54, 1.807) is 7.11 Å². The first-order valence-corrected chi connectivity index (χ1v) is 9.68. The lowest BCUT2D eigenvalue weighted by atomic mass is 10.0. The van der Waals surface area contributed by atoms with Crippen LogP contribution in [0.25, 0.3) is 0 Å². The van der Waals surface area contributed by atoms with E-state index in [0.29, 0.717) is 12.5 Å². The van der Waals surface area contributed by atoms with E-state index in [2.05, 4.69) is 46.4 Å². The molecule has 5 heteroatoms. The summed E-state index contributed by atoms with van der Waals surface area (Å²) in [6.07, 6.45) is 3.76. The van der Waals surface area contributed by atoms with Crippen LogP contribution in [0.4, 0.5) is 5.69 Å². The van der Waals surface area contributed by atoms with Gasteiger partial charge >= 0.3 is 0 Å². The third-order valence-corrected chi connectivity index (χ3v) is 5.09. The number of nitrogens with two attached hydrogens (primary N) is 1. The molecule has 1 saturated heterocycles. The number of likely N-dealkylation sites (tertiary alicyclic amines) is 1. The number of benzene rings is 2. The number of hydrogen-bond donors (Lipinski definition) is 2. The maximum absolute atomic E-state index is 6.16. The van der Waals surface area contributed by atoms with E-state index in [-0.39, 0.29) is 6.04 Å². The number of nitrogens with one attached hydrogen (secondary N) is 1. The maximum atomic E-state index is 6.16. The van der Waals surface area contributed by atoms with Crippen LogP contribution in [0.2, 0.25) is 0 Å². The standard InChI is InChI=1S/C22H30N4O/c1-17-10-12-18(13-11-17)25-22(23)24-16-20(26-14-6-3-7-15-26)19-8-4-5-9-21(19)27-2/h4-5,8-13,20H,3,6-7,14-16H2,1-2H3,(H3,23,24,25). The molecule has 1 fully saturated rings. The van der Waals surface area contributed by atoms with E-state index < -0.39 is 0 Å². The molecular weight excluding hydrogens is 336 g/mol. The topological polar surface area (TPSA) is 62.9 Å². The van der Waals surface area contributed by atoms with Crippen LogP contribution < -0.4 is 15.8 Å². The number of hydrogen-bond acceptors (Lipinski definition) is 3. The van der Waals surface area contributed by atoms with Crippen molar-refractivity contribution in [3.63, 3.8) is 0 Å². The van der Waals surface area contributed by atoms with E-state index in [1.807, 2.05) is 24.3 Å². The third kappa shape index (κ3) is 5.23. The van der Waals surface area contributed by atoms with Crippen molar-refractivity contribution in [1.29, 1.82) is 0 Å². The summed E-state index contributed by atoms with van der Waals surface area (Å²) in [5, 5.41) is 3.19. The summed E-state index contributed by atoms with van der Waals surface area (Å²) in [6.45, 7) is 4.84. The number of methoxy groups -OCH3 is 1. The molecule has 144 valence electrons. The first-order chi connectivity index (χ1) is 13.2. The maximum Gasteiger partial charge on any atom is 0.193 e. The van der Waals surface area contributed by atoms with Crippen molar-refractivity contribution in [2.75, 3.05) is 32.1 Å². The van der Waals surface area contributed by atoms with Crippen LogP contribution in [0.3, 0.4) is 0 Å². The Bertz CT molecular complexity index is 751. The van der Waals surface area contributed by atoms with Crippen LogP contribution in [0.15, 0.2) is 53.5 Å². The lowest BCUT2D eigenvalue weighted by Crippen LogP contribution is -2.36. The minimum Gasteiger partial charge on any atom is -0.496 e. The quantitative estimate of drug-likeness (QED) is 0.600. The third-order valence-electron chi connectivity index (χ3n) is 5.09. The lowest BCUT2D eigenvalue weighted by Gasteiger charge is -2.34. The molecule has 1 heterocycles. The van der Waals surface area contributed by atoms with Crippen molar-refractivity contribution < 1.29 is 4.74 Å². The first kappa shape index (κ1) is 19.2. The second-order valence-electron chi connectivity index (χ2n) is 7.07. The molecule has 0 spiro atoms. The molecular formula is C22H30N4O. The van der Waals surface area contributed by atoms with E-state index in [9.17, 15) is 0 Å². The van der Waals surface area contributed by atoms with Gasteiger partial charge in [-0.1, -0.05) is 42.3 Å². The fraction of sp³-hybridized carbons (Fsp3) is 0.409. The van der Waals surface area contributed by atoms with Crippen LogP contribution in [-0.2, 0) is 0 Å². The van der Waals surface area contributed by atoms with Gasteiger partial charge in [0.05, 0.1) is 19.7 Å². The number of rotatable bonds is 6. The highest BCUT2D eigenvalue weighted by Gasteiger charge is 2.24. The molecule has 5 nitrogen and oxygen atoms in total. The number of aryl methyl sites for hydroxylation is 1. The zero-order valence-electron chi connectivity index (χ0n) is 16.3.